The highest BCUT2D eigenvalue weighted by Gasteiger charge is 2.19. The van der Waals surface area contributed by atoms with Gasteiger partial charge in [0, 0.05) is 19.3 Å². The topological polar surface area (TPSA) is 78.9 Å². The van der Waals surface area contributed by atoms with Gasteiger partial charge < -0.3 is 14.2 Å². The van der Waals surface area contributed by atoms with E-state index in [1.54, 1.807) is 0 Å². The number of esters is 3. The van der Waals surface area contributed by atoms with Crippen LogP contribution in [0.5, 0.6) is 0 Å². The minimum Gasteiger partial charge on any atom is -0.462 e. The molecule has 0 rings (SSSR count). The van der Waals surface area contributed by atoms with Crippen molar-refractivity contribution < 1.29 is 28.6 Å². The van der Waals surface area contributed by atoms with Crippen molar-refractivity contribution in [1.82, 2.24) is 0 Å². The number of allylic oxidation sites excluding steroid dienone is 12. The molecule has 0 radical (unpaired) electrons. The van der Waals surface area contributed by atoms with Crippen LogP contribution in [0.4, 0.5) is 0 Å². The van der Waals surface area contributed by atoms with Crippen molar-refractivity contribution in [2.75, 3.05) is 13.2 Å². The molecule has 0 heterocycles. The van der Waals surface area contributed by atoms with Crippen LogP contribution in [0, 0.1) is 0 Å². The van der Waals surface area contributed by atoms with Crippen LogP contribution in [0.25, 0.3) is 0 Å². The van der Waals surface area contributed by atoms with E-state index in [9.17, 15) is 14.4 Å². The molecule has 0 aromatic rings. The van der Waals surface area contributed by atoms with Crippen molar-refractivity contribution in [1.29, 1.82) is 0 Å². The maximum Gasteiger partial charge on any atom is 0.306 e. The van der Waals surface area contributed by atoms with Crippen LogP contribution in [0.15, 0.2) is 72.9 Å². The normalized spacial score (nSPS) is 12.7. The van der Waals surface area contributed by atoms with Crippen LogP contribution >= 0.6 is 0 Å². The molecular formula is C54H92O6. The number of carbonyl (C=O) groups excluding carboxylic acids is 3. The van der Waals surface area contributed by atoms with E-state index >= 15 is 0 Å². The lowest BCUT2D eigenvalue weighted by Crippen LogP contribution is -2.30. The fraction of sp³-hybridized carbons (Fsp3) is 0.722. The van der Waals surface area contributed by atoms with Gasteiger partial charge in [-0.1, -0.05) is 203 Å². The molecule has 0 saturated carbocycles. The molecule has 0 amide bonds. The summed E-state index contributed by atoms with van der Waals surface area (Å²) in [5, 5.41) is 0. The van der Waals surface area contributed by atoms with E-state index in [2.05, 4.69) is 93.7 Å². The molecule has 0 bridgehead atoms. The molecule has 0 fully saturated rings. The fourth-order valence-corrected chi connectivity index (χ4v) is 6.71. The number of hydrogen-bond donors (Lipinski definition) is 0. The van der Waals surface area contributed by atoms with Crippen molar-refractivity contribution in [2.45, 2.75) is 239 Å². The SMILES string of the molecule is CC\C=C/C=C\C=C/CCCCCCCC(=O)OC(COC(=O)CCCCCCC/C=C\C=C/CCCCCCCCC)COC(=O)CCCCCCC/C=C\CCCC. The van der Waals surface area contributed by atoms with Gasteiger partial charge in [0.2, 0.25) is 0 Å². The van der Waals surface area contributed by atoms with E-state index in [1.807, 2.05) is 0 Å². The molecule has 0 saturated heterocycles. The Morgan fingerprint density at radius 1 is 0.350 bits per heavy atom. The third kappa shape index (κ3) is 45.9. The fourth-order valence-electron chi connectivity index (χ4n) is 6.71. The van der Waals surface area contributed by atoms with E-state index in [0.29, 0.717) is 19.3 Å². The number of ether oxygens (including phenoxy) is 3. The van der Waals surface area contributed by atoms with Crippen molar-refractivity contribution in [3.63, 3.8) is 0 Å². The van der Waals surface area contributed by atoms with Crippen LogP contribution < -0.4 is 0 Å². The zero-order valence-electron chi connectivity index (χ0n) is 39.2. The highest BCUT2D eigenvalue weighted by Crippen LogP contribution is 2.13. The predicted molar refractivity (Wildman–Crippen MR) is 256 cm³/mol. The molecule has 0 aliphatic rings. The zero-order chi connectivity index (χ0) is 43.7. The van der Waals surface area contributed by atoms with Gasteiger partial charge in [-0.2, -0.15) is 0 Å². The quantitative estimate of drug-likeness (QED) is 0.0200. The maximum atomic E-state index is 12.7. The summed E-state index contributed by atoms with van der Waals surface area (Å²) in [5.41, 5.74) is 0. The lowest BCUT2D eigenvalue weighted by molar-refractivity contribution is -0.167. The molecule has 344 valence electrons. The lowest BCUT2D eigenvalue weighted by Gasteiger charge is -2.18. The predicted octanol–water partition coefficient (Wildman–Crippen LogP) is 16.3. The Hall–Kier alpha value is -3.15. The van der Waals surface area contributed by atoms with Crippen molar-refractivity contribution in [3.05, 3.63) is 72.9 Å². The van der Waals surface area contributed by atoms with Gasteiger partial charge in [0.05, 0.1) is 0 Å². The van der Waals surface area contributed by atoms with E-state index < -0.39 is 6.10 Å². The first kappa shape index (κ1) is 56.9. The summed E-state index contributed by atoms with van der Waals surface area (Å²) in [6.45, 7) is 6.42. The molecule has 0 N–H and O–H groups in total. The van der Waals surface area contributed by atoms with E-state index in [4.69, 9.17) is 14.2 Å². The molecule has 0 spiro atoms. The second kappa shape index (κ2) is 48.5. The third-order valence-corrected chi connectivity index (χ3v) is 10.5. The molecule has 1 atom stereocenters. The summed E-state index contributed by atoms with van der Waals surface area (Å²) < 4.78 is 16.7. The summed E-state index contributed by atoms with van der Waals surface area (Å²) in [7, 11) is 0. The molecule has 60 heavy (non-hydrogen) atoms. The molecule has 0 aromatic heterocycles. The zero-order valence-corrected chi connectivity index (χ0v) is 39.2. The molecule has 1 unspecified atom stereocenters. The van der Waals surface area contributed by atoms with Crippen molar-refractivity contribution in [2.24, 2.45) is 0 Å². The van der Waals surface area contributed by atoms with Gasteiger partial charge in [0.1, 0.15) is 13.2 Å². The Bertz CT molecular complexity index is 1140. The molecular weight excluding hydrogens is 745 g/mol. The minimum absolute atomic E-state index is 0.0940. The van der Waals surface area contributed by atoms with Gasteiger partial charge in [0.15, 0.2) is 6.10 Å². The van der Waals surface area contributed by atoms with Gasteiger partial charge in [-0.3, -0.25) is 14.4 Å². The highest BCUT2D eigenvalue weighted by atomic mass is 16.6. The average molecular weight is 837 g/mol. The standard InChI is InChI=1S/C54H92O6/c1-4-7-10-13-16-19-22-24-25-26-27-28-30-32-35-38-41-44-47-53(56)59-50-51(49-58-52(55)46-43-40-37-34-31-21-18-15-12-9-6-3)60-54(57)48-45-42-39-36-33-29-23-20-17-14-11-8-5-2/h8,11,14-15,17-18,20,23,25-28,51H,4-7,9-10,12-13,16,19,21-22,24,29-50H2,1-3H3/b11-8-,17-14-,18-15-,23-20-,26-25-,28-27-. The van der Waals surface area contributed by atoms with Gasteiger partial charge in [-0.25, -0.2) is 0 Å². The average Bonchev–Trinajstić information content (AvgIpc) is 3.24. The van der Waals surface area contributed by atoms with Crippen LogP contribution in [0.1, 0.15) is 233 Å². The van der Waals surface area contributed by atoms with Gasteiger partial charge in [-0.05, 0) is 83.5 Å². The van der Waals surface area contributed by atoms with Crippen LogP contribution in [-0.2, 0) is 28.6 Å². The largest absolute Gasteiger partial charge is 0.462 e. The highest BCUT2D eigenvalue weighted by molar-refractivity contribution is 5.71. The van der Waals surface area contributed by atoms with Gasteiger partial charge >= 0.3 is 17.9 Å². The molecule has 0 aliphatic carbocycles. The molecule has 6 heteroatoms. The summed E-state index contributed by atoms with van der Waals surface area (Å²) in [5.74, 6) is -0.941. The minimum atomic E-state index is -0.794. The first-order valence-corrected chi connectivity index (χ1v) is 25.0. The van der Waals surface area contributed by atoms with Gasteiger partial charge in [-0.15, -0.1) is 0 Å². The number of rotatable bonds is 44. The van der Waals surface area contributed by atoms with E-state index in [0.717, 1.165) is 116 Å². The third-order valence-electron chi connectivity index (χ3n) is 10.5. The van der Waals surface area contributed by atoms with Gasteiger partial charge in [0.25, 0.3) is 0 Å². The second-order valence-corrected chi connectivity index (χ2v) is 16.4. The molecule has 0 aliphatic heterocycles. The lowest BCUT2D eigenvalue weighted by atomic mass is 10.1. The van der Waals surface area contributed by atoms with Crippen molar-refractivity contribution >= 4 is 17.9 Å². The van der Waals surface area contributed by atoms with Crippen LogP contribution in [0.2, 0.25) is 0 Å². The van der Waals surface area contributed by atoms with E-state index in [-0.39, 0.29) is 31.1 Å². The number of unbranched alkanes of at least 4 members (excludes halogenated alkanes) is 24. The maximum absolute atomic E-state index is 12.7. The monoisotopic (exact) mass is 837 g/mol. The Morgan fingerprint density at radius 3 is 1.12 bits per heavy atom. The number of hydrogen-bond acceptors (Lipinski definition) is 6. The molecule has 0 aromatic carbocycles. The summed E-state index contributed by atoms with van der Waals surface area (Å²) in [6, 6.07) is 0. The van der Waals surface area contributed by atoms with Crippen LogP contribution in [-0.4, -0.2) is 37.2 Å². The summed E-state index contributed by atoms with van der Waals surface area (Å²) in [6.07, 6.45) is 60.3. The second-order valence-electron chi connectivity index (χ2n) is 16.4. The smallest absolute Gasteiger partial charge is 0.306 e. The number of carbonyl (C=O) groups is 3. The first-order chi connectivity index (χ1) is 29.5. The Morgan fingerprint density at radius 2 is 0.683 bits per heavy atom. The molecule has 6 nitrogen and oxygen atoms in total. The summed E-state index contributed by atoms with van der Waals surface area (Å²) >= 11 is 0. The Kier molecular flexibility index (Phi) is 46.0. The van der Waals surface area contributed by atoms with E-state index in [1.165, 1.54) is 77.0 Å². The first-order valence-electron chi connectivity index (χ1n) is 25.0. The van der Waals surface area contributed by atoms with Crippen LogP contribution in [0.3, 0.4) is 0 Å². The van der Waals surface area contributed by atoms with Crippen molar-refractivity contribution in [3.8, 4) is 0 Å². The Balaban J connectivity index is 4.41. The Labute approximate surface area is 370 Å². The summed E-state index contributed by atoms with van der Waals surface area (Å²) in [4.78, 5) is 37.9.